The van der Waals surface area contributed by atoms with Crippen molar-refractivity contribution < 1.29 is 23.7 Å². The summed E-state index contributed by atoms with van der Waals surface area (Å²) >= 11 is 0. The van der Waals surface area contributed by atoms with E-state index in [2.05, 4.69) is 36.2 Å². The number of hydrogen-bond acceptors (Lipinski definition) is 12. The molecule has 4 aromatic rings. The summed E-state index contributed by atoms with van der Waals surface area (Å²) in [5.41, 5.74) is 8.99. The third kappa shape index (κ3) is 11.5. The Balaban J connectivity index is 1.33. The maximum atomic E-state index is 12.5. The van der Waals surface area contributed by atoms with E-state index in [0.717, 1.165) is 28.2 Å². The number of anilines is 3. The highest BCUT2D eigenvalue weighted by Crippen LogP contribution is 2.17. The van der Waals surface area contributed by atoms with E-state index in [9.17, 15) is 4.79 Å². The first-order valence-electron chi connectivity index (χ1n) is 15.0. The minimum atomic E-state index is -0.167. The Morgan fingerprint density at radius 3 is 1.43 bits per heavy atom. The molecule has 0 fully saturated rings. The summed E-state index contributed by atoms with van der Waals surface area (Å²) in [7, 11) is 3.28. The Hall–Kier alpha value is -4.98. The van der Waals surface area contributed by atoms with Crippen molar-refractivity contribution in [3.05, 3.63) is 95.1 Å². The highest BCUT2D eigenvalue weighted by atomic mass is 16.5. The third-order valence-electron chi connectivity index (χ3n) is 6.69. The molecule has 0 atom stereocenters. The van der Waals surface area contributed by atoms with Gasteiger partial charge in [0.1, 0.15) is 11.5 Å². The van der Waals surface area contributed by atoms with Crippen LogP contribution in [0.4, 0.5) is 17.8 Å². The largest absolute Gasteiger partial charge is 0.497 e. The van der Waals surface area contributed by atoms with Crippen LogP contribution in [-0.4, -0.2) is 74.6 Å². The molecule has 6 N–H and O–H groups in total. The second kappa shape index (κ2) is 18.7. The Labute approximate surface area is 269 Å². The zero-order valence-electron chi connectivity index (χ0n) is 26.3. The molecule has 0 unspecified atom stereocenters. The lowest BCUT2D eigenvalue weighted by Crippen LogP contribution is -2.27. The minimum Gasteiger partial charge on any atom is -0.497 e. The quantitative estimate of drug-likeness (QED) is 0.0904. The van der Waals surface area contributed by atoms with Crippen molar-refractivity contribution in [2.75, 3.05) is 69.7 Å². The molecule has 0 aliphatic carbocycles. The lowest BCUT2D eigenvalue weighted by atomic mass is 10.1. The molecule has 0 saturated carbocycles. The maximum absolute atomic E-state index is 12.5. The molecule has 0 aliphatic rings. The van der Waals surface area contributed by atoms with Gasteiger partial charge in [0, 0.05) is 38.3 Å². The molecule has 0 radical (unpaired) electrons. The van der Waals surface area contributed by atoms with Crippen molar-refractivity contribution in [1.29, 1.82) is 0 Å². The zero-order chi connectivity index (χ0) is 32.4. The van der Waals surface area contributed by atoms with Gasteiger partial charge in [0.25, 0.3) is 5.91 Å². The normalized spacial score (nSPS) is 10.7. The number of ether oxygens (including phenoxy) is 4. The highest BCUT2D eigenvalue weighted by Gasteiger charge is 2.09. The molecule has 0 bridgehead atoms. The molecule has 0 saturated heterocycles. The van der Waals surface area contributed by atoms with Gasteiger partial charge in [-0.2, -0.15) is 15.0 Å². The van der Waals surface area contributed by atoms with E-state index >= 15 is 0 Å². The Bertz CT molecular complexity index is 1400. The fraction of sp³-hybridized carbons (Fsp3) is 0.333. The number of carbonyl (C=O) groups excluding carboxylic acids is 1. The fourth-order valence-corrected chi connectivity index (χ4v) is 4.16. The van der Waals surface area contributed by atoms with E-state index in [4.69, 9.17) is 24.7 Å². The number of nitrogens with zero attached hydrogens (tertiary/aromatic N) is 3. The standard InChI is InChI=1S/C33H42N8O5/c1-43-28-11-5-25(6-12-28)22-37-32-39-31(40-33(41-32)38-23-26-7-13-29(44-2)14-8-26)36-21-24-3-9-27(10-4-24)30(42)35-16-18-46-20-19-45-17-15-34/h3-14H,15-23,34H2,1-2H3,(H,35,42)(H3,36,37,38,39,40,41). The van der Waals surface area contributed by atoms with Crippen LogP contribution in [0.25, 0.3) is 0 Å². The summed E-state index contributed by atoms with van der Waals surface area (Å²) in [5, 5.41) is 12.7. The van der Waals surface area contributed by atoms with Crippen LogP contribution >= 0.6 is 0 Å². The first-order valence-corrected chi connectivity index (χ1v) is 15.0. The first-order chi connectivity index (χ1) is 22.6. The number of nitrogens with one attached hydrogen (secondary N) is 4. The van der Waals surface area contributed by atoms with Crippen LogP contribution in [0.1, 0.15) is 27.0 Å². The molecule has 1 heterocycles. The van der Waals surface area contributed by atoms with Crippen molar-refractivity contribution in [2.24, 2.45) is 5.73 Å². The second-order valence-electron chi connectivity index (χ2n) is 10.0. The van der Waals surface area contributed by atoms with Crippen LogP contribution in [0.15, 0.2) is 72.8 Å². The predicted octanol–water partition coefficient (Wildman–Crippen LogP) is 3.45. The maximum Gasteiger partial charge on any atom is 0.251 e. The van der Waals surface area contributed by atoms with Crippen molar-refractivity contribution in [1.82, 2.24) is 20.3 Å². The van der Waals surface area contributed by atoms with Crippen LogP contribution in [0.2, 0.25) is 0 Å². The third-order valence-corrected chi connectivity index (χ3v) is 6.69. The van der Waals surface area contributed by atoms with E-state index in [-0.39, 0.29) is 5.91 Å². The summed E-state index contributed by atoms with van der Waals surface area (Å²) in [4.78, 5) is 26.2. The van der Waals surface area contributed by atoms with Gasteiger partial charge in [-0.25, -0.2) is 0 Å². The van der Waals surface area contributed by atoms with E-state index < -0.39 is 0 Å². The van der Waals surface area contributed by atoms with E-state index in [0.29, 0.717) is 82.6 Å². The molecule has 1 aromatic heterocycles. The number of aromatic nitrogens is 3. The number of methoxy groups -OCH3 is 2. The lowest BCUT2D eigenvalue weighted by Gasteiger charge is -2.12. The minimum absolute atomic E-state index is 0.167. The average Bonchev–Trinajstić information content (AvgIpc) is 3.10. The molecule has 0 spiro atoms. The lowest BCUT2D eigenvalue weighted by molar-refractivity contribution is 0.0511. The molecule has 244 valence electrons. The van der Waals surface area contributed by atoms with Crippen molar-refractivity contribution >= 4 is 23.8 Å². The highest BCUT2D eigenvalue weighted by molar-refractivity contribution is 5.94. The Morgan fingerprint density at radius 1 is 0.609 bits per heavy atom. The number of benzene rings is 3. The molecule has 0 aliphatic heterocycles. The number of amides is 1. The van der Waals surface area contributed by atoms with Gasteiger partial charge in [0.15, 0.2) is 0 Å². The molecular weight excluding hydrogens is 588 g/mol. The average molecular weight is 631 g/mol. The van der Waals surface area contributed by atoms with Gasteiger partial charge in [0.05, 0.1) is 40.6 Å². The van der Waals surface area contributed by atoms with Gasteiger partial charge in [-0.3, -0.25) is 4.79 Å². The molecule has 13 heteroatoms. The predicted molar refractivity (Wildman–Crippen MR) is 177 cm³/mol. The fourth-order valence-electron chi connectivity index (χ4n) is 4.16. The van der Waals surface area contributed by atoms with Gasteiger partial charge in [0.2, 0.25) is 17.8 Å². The zero-order valence-corrected chi connectivity index (χ0v) is 26.3. The van der Waals surface area contributed by atoms with E-state index in [1.807, 2.05) is 60.7 Å². The van der Waals surface area contributed by atoms with Crippen LogP contribution in [0, 0.1) is 0 Å². The van der Waals surface area contributed by atoms with Gasteiger partial charge in [-0.1, -0.05) is 36.4 Å². The summed E-state index contributed by atoms with van der Waals surface area (Å²) in [6.45, 7) is 4.22. The van der Waals surface area contributed by atoms with Crippen molar-refractivity contribution in [3.8, 4) is 11.5 Å². The summed E-state index contributed by atoms with van der Waals surface area (Å²) in [5.74, 6) is 2.66. The Morgan fingerprint density at radius 2 is 1.02 bits per heavy atom. The van der Waals surface area contributed by atoms with Crippen LogP contribution in [0.3, 0.4) is 0 Å². The SMILES string of the molecule is COc1ccc(CNc2nc(NCc3ccc(OC)cc3)nc(NCc3ccc(C(=O)NCCOCCOCCN)cc3)n2)cc1. The van der Waals surface area contributed by atoms with Gasteiger partial charge in [-0.15, -0.1) is 0 Å². The van der Waals surface area contributed by atoms with Crippen LogP contribution in [0.5, 0.6) is 11.5 Å². The summed E-state index contributed by atoms with van der Waals surface area (Å²) < 4.78 is 21.2. The molecule has 1 amide bonds. The van der Waals surface area contributed by atoms with Crippen molar-refractivity contribution in [3.63, 3.8) is 0 Å². The van der Waals surface area contributed by atoms with E-state index in [1.165, 1.54) is 0 Å². The van der Waals surface area contributed by atoms with E-state index in [1.54, 1.807) is 26.4 Å². The second-order valence-corrected chi connectivity index (χ2v) is 10.0. The van der Waals surface area contributed by atoms with Crippen LogP contribution < -0.4 is 36.5 Å². The van der Waals surface area contributed by atoms with Crippen LogP contribution in [-0.2, 0) is 29.1 Å². The van der Waals surface area contributed by atoms with Gasteiger partial charge < -0.3 is 45.9 Å². The number of nitrogens with two attached hydrogens (primary N) is 1. The Kier molecular flexibility index (Phi) is 13.8. The monoisotopic (exact) mass is 630 g/mol. The number of hydrogen-bond donors (Lipinski definition) is 5. The molecule has 4 rings (SSSR count). The first kappa shape index (κ1) is 33.9. The smallest absolute Gasteiger partial charge is 0.251 e. The molecule has 13 nitrogen and oxygen atoms in total. The number of rotatable bonds is 20. The number of carbonyl (C=O) groups is 1. The molecular formula is C33H42N8O5. The van der Waals surface area contributed by atoms with Crippen molar-refractivity contribution in [2.45, 2.75) is 19.6 Å². The molecule has 3 aromatic carbocycles. The van der Waals surface area contributed by atoms with Gasteiger partial charge in [-0.05, 0) is 53.1 Å². The molecule has 46 heavy (non-hydrogen) atoms. The topological polar surface area (TPSA) is 167 Å². The summed E-state index contributed by atoms with van der Waals surface area (Å²) in [6.07, 6.45) is 0. The summed E-state index contributed by atoms with van der Waals surface area (Å²) in [6, 6.07) is 22.9. The van der Waals surface area contributed by atoms with Gasteiger partial charge >= 0.3 is 0 Å².